The fourth-order valence-electron chi connectivity index (χ4n) is 1.97. The Morgan fingerprint density at radius 2 is 1.95 bits per heavy atom. The van der Waals surface area contributed by atoms with E-state index in [2.05, 4.69) is 10.5 Å². The summed E-state index contributed by atoms with van der Waals surface area (Å²) in [6.07, 6.45) is 0.601. The highest BCUT2D eigenvalue weighted by molar-refractivity contribution is 6.11. The first-order valence-electron chi connectivity index (χ1n) is 6.15. The van der Waals surface area contributed by atoms with Crippen LogP contribution in [0, 0.1) is 17.0 Å². The predicted molar refractivity (Wildman–Crippen MR) is 71.4 cm³/mol. The predicted octanol–water partition coefficient (Wildman–Crippen LogP) is 2.46. The summed E-state index contributed by atoms with van der Waals surface area (Å²) in [6, 6.07) is 3.02. The smallest absolute Gasteiger partial charge is 0.238 e. The second-order valence-corrected chi connectivity index (χ2v) is 4.36. The van der Waals surface area contributed by atoms with Crippen LogP contribution in [-0.2, 0) is 4.79 Å². The fraction of sp³-hybridized carbons (Fsp3) is 0.385. The lowest BCUT2D eigenvalue weighted by molar-refractivity contribution is -0.122. The Balaban J connectivity index is 3.06. The molecule has 0 aliphatic carbocycles. The van der Waals surface area contributed by atoms with E-state index in [1.807, 2.05) is 0 Å². The van der Waals surface area contributed by atoms with Crippen LogP contribution in [0.3, 0.4) is 0 Å². The molecular formula is C13H17F2N3O2. The number of carbonyl (C=O) groups excluding carboxylic acids is 1. The normalized spacial score (nSPS) is 12.3. The van der Waals surface area contributed by atoms with Gasteiger partial charge in [-0.2, -0.15) is 0 Å². The monoisotopic (exact) mass is 285 g/mol. The van der Waals surface area contributed by atoms with E-state index in [0.717, 1.165) is 12.1 Å². The molecule has 0 atom stereocenters. The minimum Gasteiger partial charge on any atom is -0.409 e. The average Bonchev–Trinajstić information content (AvgIpc) is 2.44. The van der Waals surface area contributed by atoms with Gasteiger partial charge in [-0.15, -0.1) is 0 Å². The van der Waals surface area contributed by atoms with Crippen LogP contribution in [0.15, 0.2) is 23.4 Å². The number of nitrogens with zero attached hydrogens (tertiary/aromatic N) is 1. The van der Waals surface area contributed by atoms with Crippen molar-refractivity contribution < 1.29 is 18.8 Å². The molecule has 110 valence electrons. The molecule has 0 aromatic heterocycles. The van der Waals surface area contributed by atoms with Crippen LogP contribution in [0.5, 0.6) is 0 Å². The van der Waals surface area contributed by atoms with Crippen molar-refractivity contribution in [1.82, 2.24) is 0 Å². The first kappa shape index (κ1) is 15.9. The van der Waals surface area contributed by atoms with E-state index < -0.39 is 23.0 Å². The number of anilines is 1. The molecule has 0 saturated carbocycles. The van der Waals surface area contributed by atoms with Crippen LogP contribution in [0.25, 0.3) is 0 Å². The Morgan fingerprint density at radius 3 is 2.40 bits per heavy atom. The lowest BCUT2D eigenvalue weighted by atomic mass is 9.80. The molecule has 20 heavy (non-hydrogen) atoms. The number of hydrogen-bond donors (Lipinski definition) is 3. The van der Waals surface area contributed by atoms with Gasteiger partial charge in [0.15, 0.2) is 17.5 Å². The summed E-state index contributed by atoms with van der Waals surface area (Å²) < 4.78 is 25.9. The van der Waals surface area contributed by atoms with Gasteiger partial charge < -0.3 is 16.3 Å². The third kappa shape index (κ3) is 2.87. The van der Waals surface area contributed by atoms with Crippen LogP contribution in [-0.4, -0.2) is 17.0 Å². The summed E-state index contributed by atoms with van der Waals surface area (Å²) in [6.45, 7) is 3.43. The molecule has 5 nitrogen and oxygen atoms in total. The van der Waals surface area contributed by atoms with Crippen molar-refractivity contribution in [1.29, 1.82) is 0 Å². The van der Waals surface area contributed by atoms with Crippen molar-refractivity contribution in [3.8, 4) is 0 Å². The second kappa shape index (κ2) is 6.31. The standard InChI is InChI=1S/C13H17F2N3O2/c1-3-13(4-2,11(16)18-20)12(19)17-8-5-6-9(14)10(15)7-8/h5-7,20H,3-4H2,1-2H3,(H2,16,18)(H,17,19). The van der Waals surface area contributed by atoms with E-state index in [0.29, 0.717) is 12.8 Å². The molecule has 1 amide bonds. The van der Waals surface area contributed by atoms with E-state index >= 15 is 0 Å². The van der Waals surface area contributed by atoms with Gasteiger partial charge in [-0.3, -0.25) is 4.79 Å². The molecule has 0 spiro atoms. The second-order valence-electron chi connectivity index (χ2n) is 4.36. The molecule has 4 N–H and O–H groups in total. The Hall–Kier alpha value is -2.18. The highest BCUT2D eigenvalue weighted by Crippen LogP contribution is 2.29. The lowest BCUT2D eigenvalue weighted by Gasteiger charge is -2.28. The average molecular weight is 285 g/mol. The molecule has 0 radical (unpaired) electrons. The topological polar surface area (TPSA) is 87.7 Å². The summed E-state index contributed by atoms with van der Waals surface area (Å²) in [7, 11) is 0. The molecular weight excluding hydrogens is 268 g/mol. The SMILES string of the molecule is CCC(CC)(C(=O)Nc1ccc(F)c(F)c1)C(N)=NO. The van der Waals surface area contributed by atoms with Gasteiger partial charge in [0.2, 0.25) is 5.91 Å². The van der Waals surface area contributed by atoms with Gasteiger partial charge in [-0.1, -0.05) is 19.0 Å². The Morgan fingerprint density at radius 1 is 1.35 bits per heavy atom. The van der Waals surface area contributed by atoms with E-state index in [4.69, 9.17) is 10.9 Å². The number of nitrogens with one attached hydrogen (secondary N) is 1. The van der Waals surface area contributed by atoms with Crippen LogP contribution < -0.4 is 11.1 Å². The van der Waals surface area contributed by atoms with E-state index in [1.54, 1.807) is 13.8 Å². The lowest BCUT2D eigenvalue weighted by Crippen LogP contribution is -2.46. The molecule has 0 saturated heterocycles. The first-order chi connectivity index (χ1) is 9.41. The van der Waals surface area contributed by atoms with Crippen LogP contribution in [0.4, 0.5) is 14.5 Å². The Bertz CT molecular complexity index is 528. The molecule has 1 rings (SSSR count). The summed E-state index contributed by atoms with van der Waals surface area (Å²) in [5.74, 6) is -2.83. The van der Waals surface area contributed by atoms with Crippen molar-refractivity contribution in [2.45, 2.75) is 26.7 Å². The molecule has 0 heterocycles. The first-order valence-corrected chi connectivity index (χ1v) is 6.15. The number of benzene rings is 1. The minimum atomic E-state index is -1.19. The molecule has 1 aromatic carbocycles. The van der Waals surface area contributed by atoms with Crippen LogP contribution in [0.2, 0.25) is 0 Å². The van der Waals surface area contributed by atoms with Gasteiger partial charge in [-0.05, 0) is 25.0 Å². The highest BCUT2D eigenvalue weighted by atomic mass is 19.2. The quantitative estimate of drug-likeness (QED) is 0.336. The molecule has 1 aromatic rings. The number of carbonyl (C=O) groups is 1. The highest BCUT2D eigenvalue weighted by Gasteiger charge is 2.39. The zero-order chi connectivity index (χ0) is 15.3. The summed E-state index contributed by atoms with van der Waals surface area (Å²) in [5.41, 5.74) is 4.49. The van der Waals surface area contributed by atoms with Crippen molar-refractivity contribution in [2.75, 3.05) is 5.32 Å². The number of oxime groups is 1. The Kier molecular flexibility index (Phi) is 5.01. The molecule has 0 aliphatic heterocycles. The maximum atomic E-state index is 13.1. The maximum Gasteiger partial charge on any atom is 0.238 e. The van der Waals surface area contributed by atoms with E-state index in [-0.39, 0.29) is 11.5 Å². The van der Waals surface area contributed by atoms with Crippen LogP contribution >= 0.6 is 0 Å². The van der Waals surface area contributed by atoms with Gasteiger partial charge >= 0.3 is 0 Å². The number of hydrogen-bond acceptors (Lipinski definition) is 3. The van der Waals surface area contributed by atoms with Gasteiger partial charge in [-0.25, -0.2) is 8.78 Å². The third-order valence-corrected chi connectivity index (χ3v) is 3.42. The molecule has 0 unspecified atom stereocenters. The number of amidine groups is 1. The molecule has 7 heteroatoms. The largest absolute Gasteiger partial charge is 0.409 e. The van der Waals surface area contributed by atoms with Crippen molar-refractivity contribution >= 4 is 17.4 Å². The molecule has 0 fully saturated rings. The van der Waals surface area contributed by atoms with Gasteiger partial charge in [0.05, 0.1) is 0 Å². The fourth-order valence-corrected chi connectivity index (χ4v) is 1.97. The van der Waals surface area contributed by atoms with Crippen molar-refractivity contribution in [3.63, 3.8) is 0 Å². The summed E-state index contributed by atoms with van der Waals surface area (Å²) in [4.78, 5) is 12.3. The van der Waals surface area contributed by atoms with Crippen molar-refractivity contribution in [2.24, 2.45) is 16.3 Å². The number of nitrogens with two attached hydrogens (primary N) is 1. The zero-order valence-electron chi connectivity index (χ0n) is 11.3. The van der Waals surface area contributed by atoms with Crippen LogP contribution in [0.1, 0.15) is 26.7 Å². The molecule has 0 bridgehead atoms. The summed E-state index contributed by atoms with van der Waals surface area (Å²) in [5, 5.41) is 14.1. The number of amides is 1. The number of rotatable bonds is 5. The van der Waals surface area contributed by atoms with E-state index in [9.17, 15) is 13.6 Å². The van der Waals surface area contributed by atoms with Crippen molar-refractivity contribution in [3.05, 3.63) is 29.8 Å². The molecule has 0 aliphatic rings. The van der Waals surface area contributed by atoms with Gasteiger partial charge in [0.1, 0.15) is 5.41 Å². The van der Waals surface area contributed by atoms with Gasteiger partial charge in [0, 0.05) is 11.8 Å². The number of halogens is 2. The Labute approximate surface area is 115 Å². The third-order valence-electron chi connectivity index (χ3n) is 3.42. The van der Waals surface area contributed by atoms with E-state index in [1.165, 1.54) is 6.07 Å². The minimum absolute atomic E-state index is 0.103. The maximum absolute atomic E-state index is 13.1. The van der Waals surface area contributed by atoms with Gasteiger partial charge in [0.25, 0.3) is 0 Å². The zero-order valence-corrected chi connectivity index (χ0v) is 11.3. The summed E-state index contributed by atoms with van der Waals surface area (Å²) >= 11 is 0.